The van der Waals surface area contributed by atoms with E-state index in [4.69, 9.17) is 19.4 Å². The fraction of sp³-hybridized carbons (Fsp3) is 0.455. The smallest absolute Gasteiger partial charge is 0.238 e. The van der Waals surface area contributed by atoms with Crippen LogP contribution in [-0.2, 0) is 11.2 Å². The van der Waals surface area contributed by atoms with E-state index in [0.29, 0.717) is 30.4 Å². The molecule has 2 aromatic rings. The fourth-order valence-corrected chi connectivity index (χ4v) is 1.49. The maximum atomic E-state index is 5.52. The minimum absolute atomic E-state index is 0.110. The van der Waals surface area contributed by atoms with Gasteiger partial charge in [0.15, 0.2) is 5.76 Å². The van der Waals surface area contributed by atoms with Crippen molar-refractivity contribution in [2.45, 2.75) is 19.4 Å². The molecule has 0 saturated carbocycles. The highest BCUT2D eigenvalue weighted by Crippen LogP contribution is 2.21. The Morgan fingerprint density at radius 3 is 2.94 bits per heavy atom. The van der Waals surface area contributed by atoms with Crippen LogP contribution >= 0.6 is 0 Å². The Balaban J connectivity index is 2.14. The van der Waals surface area contributed by atoms with Crippen molar-refractivity contribution in [3.8, 4) is 11.6 Å². The molecule has 1 unspecified atom stereocenters. The van der Waals surface area contributed by atoms with Crippen molar-refractivity contribution in [1.82, 2.24) is 10.1 Å². The van der Waals surface area contributed by atoms with E-state index >= 15 is 0 Å². The van der Waals surface area contributed by atoms with E-state index in [2.05, 4.69) is 10.1 Å². The van der Waals surface area contributed by atoms with E-state index in [1.165, 1.54) is 0 Å². The quantitative estimate of drug-likeness (QED) is 0.839. The van der Waals surface area contributed by atoms with Gasteiger partial charge in [-0.25, -0.2) is 0 Å². The summed E-state index contributed by atoms with van der Waals surface area (Å²) in [6.45, 7) is 2.33. The summed E-state index contributed by atoms with van der Waals surface area (Å²) in [5.74, 6) is 1.57. The first-order valence-electron chi connectivity index (χ1n) is 5.34. The summed E-state index contributed by atoms with van der Waals surface area (Å²) in [6, 6.07) is 1.85. The summed E-state index contributed by atoms with van der Waals surface area (Å²) in [5.41, 5.74) is 6.49. The number of aryl methyl sites for hydroxylation is 1. The molecule has 2 aromatic heterocycles. The van der Waals surface area contributed by atoms with Crippen molar-refractivity contribution in [1.29, 1.82) is 0 Å². The van der Waals surface area contributed by atoms with Crippen LogP contribution in [0.3, 0.4) is 0 Å². The molecule has 0 saturated heterocycles. The lowest BCUT2D eigenvalue weighted by Gasteiger charge is -2.08. The van der Waals surface area contributed by atoms with Crippen LogP contribution in [0.15, 0.2) is 21.3 Å². The van der Waals surface area contributed by atoms with Gasteiger partial charge >= 0.3 is 0 Å². The number of furan rings is 1. The minimum Gasteiger partial charge on any atom is -0.461 e. The molecule has 0 spiro atoms. The van der Waals surface area contributed by atoms with Gasteiger partial charge in [0.1, 0.15) is 0 Å². The zero-order chi connectivity index (χ0) is 12.3. The number of ether oxygens (including phenoxy) is 1. The van der Waals surface area contributed by atoms with Crippen LogP contribution < -0.4 is 5.73 Å². The number of hydrogen-bond acceptors (Lipinski definition) is 6. The molecule has 6 nitrogen and oxygen atoms in total. The van der Waals surface area contributed by atoms with Crippen LogP contribution in [0.25, 0.3) is 11.6 Å². The minimum atomic E-state index is -0.110. The number of methoxy groups -OCH3 is 1. The maximum Gasteiger partial charge on any atom is 0.238 e. The average Bonchev–Trinajstić information content (AvgIpc) is 2.94. The Kier molecular flexibility index (Phi) is 3.55. The second kappa shape index (κ2) is 5.11. The molecular formula is C11H15N3O3. The van der Waals surface area contributed by atoms with Gasteiger partial charge in [0.2, 0.25) is 11.7 Å². The molecule has 0 bridgehead atoms. The van der Waals surface area contributed by atoms with Gasteiger partial charge in [-0.05, 0) is 18.6 Å². The summed E-state index contributed by atoms with van der Waals surface area (Å²) in [4.78, 5) is 4.24. The SMILES string of the molecule is COC(CN)Cc1nc(-c2occc2C)no1. The zero-order valence-corrected chi connectivity index (χ0v) is 9.84. The topological polar surface area (TPSA) is 87.3 Å². The molecule has 2 heterocycles. The number of hydrogen-bond donors (Lipinski definition) is 1. The van der Waals surface area contributed by atoms with Gasteiger partial charge in [-0.1, -0.05) is 5.16 Å². The summed E-state index contributed by atoms with van der Waals surface area (Å²) in [6.07, 6.45) is 1.99. The Morgan fingerprint density at radius 2 is 2.35 bits per heavy atom. The zero-order valence-electron chi connectivity index (χ0n) is 9.84. The van der Waals surface area contributed by atoms with Crippen LogP contribution in [0.2, 0.25) is 0 Å². The average molecular weight is 237 g/mol. The van der Waals surface area contributed by atoms with Gasteiger partial charge in [-0.2, -0.15) is 4.98 Å². The van der Waals surface area contributed by atoms with Gasteiger partial charge in [0.25, 0.3) is 0 Å². The second-order valence-electron chi connectivity index (χ2n) is 3.74. The molecule has 92 valence electrons. The predicted molar refractivity (Wildman–Crippen MR) is 60.3 cm³/mol. The van der Waals surface area contributed by atoms with E-state index in [1.807, 2.05) is 13.0 Å². The second-order valence-corrected chi connectivity index (χ2v) is 3.74. The van der Waals surface area contributed by atoms with Crippen LogP contribution in [0, 0.1) is 6.92 Å². The molecule has 0 fully saturated rings. The third-order valence-electron chi connectivity index (χ3n) is 2.53. The van der Waals surface area contributed by atoms with Crippen LogP contribution in [-0.4, -0.2) is 29.9 Å². The molecule has 0 aliphatic rings. The predicted octanol–water partition coefficient (Wildman–Crippen LogP) is 1.15. The Labute approximate surface area is 98.7 Å². The van der Waals surface area contributed by atoms with Gasteiger partial charge in [-0.3, -0.25) is 0 Å². The lowest BCUT2D eigenvalue weighted by molar-refractivity contribution is 0.102. The highest BCUT2D eigenvalue weighted by atomic mass is 16.5. The summed E-state index contributed by atoms with van der Waals surface area (Å²) < 4.78 is 15.6. The molecule has 0 aromatic carbocycles. The van der Waals surface area contributed by atoms with Crippen LogP contribution in [0.4, 0.5) is 0 Å². The third-order valence-corrected chi connectivity index (χ3v) is 2.53. The molecule has 0 aliphatic carbocycles. The summed E-state index contributed by atoms with van der Waals surface area (Å²) >= 11 is 0. The molecule has 2 rings (SSSR count). The third kappa shape index (κ3) is 2.54. The van der Waals surface area contributed by atoms with Crippen LogP contribution in [0.5, 0.6) is 0 Å². The highest BCUT2D eigenvalue weighted by Gasteiger charge is 2.16. The van der Waals surface area contributed by atoms with Crippen molar-refractivity contribution in [2.24, 2.45) is 5.73 Å². The monoisotopic (exact) mass is 237 g/mol. The maximum absolute atomic E-state index is 5.52. The summed E-state index contributed by atoms with van der Waals surface area (Å²) in [5, 5.41) is 3.86. The van der Waals surface area contributed by atoms with Crippen molar-refractivity contribution < 1.29 is 13.7 Å². The largest absolute Gasteiger partial charge is 0.461 e. The molecule has 1 atom stereocenters. The number of nitrogens with two attached hydrogens (primary N) is 1. The molecule has 0 radical (unpaired) electrons. The lowest BCUT2D eigenvalue weighted by atomic mass is 10.2. The summed E-state index contributed by atoms with van der Waals surface area (Å²) in [7, 11) is 1.60. The van der Waals surface area contributed by atoms with E-state index in [1.54, 1.807) is 13.4 Å². The Hall–Kier alpha value is -1.66. The van der Waals surface area contributed by atoms with Gasteiger partial charge in [0, 0.05) is 13.7 Å². The van der Waals surface area contributed by atoms with Crippen LogP contribution in [0.1, 0.15) is 11.5 Å². The van der Waals surface area contributed by atoms with E-state index < -0.39 is 0 Å². The van der Waals surface area contributed by atoms with Crippen molar-refractivity contribution in [3.63, 3.8) is 0 Å². The molecule has 6 heteroatoms. The lowest BCUT2D eigenvalue weighted by Crippen LogP contribution is -2.24. The van der Waals surface area contributed by atoms with E-state index in [-0.39, 0.29) is 6.10 Å². The number of nitrogens with zero attached hydrogens (tertiary/aromatic N) is 2. The van der Waals surface area contributed by atoms with Gasteiger partial charge in [-0.15, -0.1) is 0 Å². The first-order chi connectivity index (χ1) is 8.24. The Morgan fingerprint density at radius 1 is 1.53 bits per heavy atom. The Bertz CT molecular complexity index is 474. The van der Waals surface area contributed by atoms with Crippen molar-refractivity contribution >= 4 is 0 Å². The van der Waals surface area contributed by atoms with Gasteiger partial charge < -0.3 is 19.4 Å². The van der Waals surface area contributed by atoms with Gasteiger partial charge in [0.05, 0.1) is 18.8 Å². The van der Waals surface area contributed by atoms with Crippen molar-refractivity contribution in [2.75, 3.05) is 13.7 Å². The number of aromatic nitrogens is 2. The highest BCUT2D eigenvalue weighted by molar-refractivity contribution is 5.50. The molecule has 0 aliphatic heterocycles. The van der Waals surface area contributed by atoms with E-state index in [9.17, 15) is 0 Å². The first-order valence-corrected chi connectivity index (χ1v) is 5.34. The normalized spacial score (nSPS) is 12.9. The number of rotatable bonds is 5. The standard InChI is InChI=1S/C11H15N3O3/c1-7-3-4-16-10(7)11-13-9(17-14-11)5-8(6-12)15-2/h3-4,8H,5-6,12H2,1-2H3. The van der Waals surface area contributed by atoms with Crippen molar-refractivity contribution in [3.05, 3.63) is 23.8 Å². The molecule has 17 heavy (non-hydrogen) atoms. The fourth-order valence-electron chi connectivity index (χ4n) is 1.49. The molecule has 2 N–H and O–H groups in total. The molecular weight excluding hydrogens is 222 g/mol. The first kappa shape index (κ1) is 11.8. The van der Waals surface area contributed by atoms with E-state index in [0.717, 1.165) is 5.56 Å². The molecule has 0 amide bonds.